The molecule has 2 aromatic heterocycles. The number of nitrogens with two attached hydrogens (primary N) is 1. The van der Waals surface area contributed by atoms with Crippen LogP contribution in [0.25, 0.3) is 0 Å². The van der Waals surface area contributed by atoms with E-state index in [1.807, 2.05) is 12.1 Å². The number of rotatable bonds is 3. The van der Waals surface area contributed by atoms with E-state index in [4.69, 9.17) is 5.73 Å². The molecular formula is C10H10N4S. The van der Waals surface area contributed by atoms with Crippen LogP contribution in [0, 0.1) is 0 Å². The minimum absolute atomic E-state index is 0.676. The average Bonchev–Trinajstić information content (AvgIpc) is 2.30. The van der Waals surface area contributed by atoms with E-state index in [1.54, 1.807) is 36.4 Å². The van der Waals surface area contributed by atoms with Crippen molar-refractivity contribution in [1.29, 1.82) is 0 Å². The monoisotopic (exact) mass is 218 g/mol. The third-order valence-electron chi connectivity index (χ3n) is 1.73. The quantitative estimate of drug-likeness (QED) is 0.795. The molecule has 0 aromatic carbocycles. The molecular weight excluding hydrogens is 208 g/mol. The van der Waals surface area contributed by atoms with Gasteiger partial charge in [-0.2, -0.15) is 0 Å². The molecule has 0 aliphatic carbocycles. The van der Waals surface area contributed by atoms with Crippen molar-refractivity contribution in [2.45, 2.75) is 10.8 Å². The van der Waals surface area contributed by atoms with Crippen molar-refractivity contribution in [3.63, 3.8) is 0 Å². The van der Waals surface area contributed by atoms with Crippen molar-refractivity contribution < 1.29 is 0 Å². The lowest BCUT2D eigenvalue weighted by atomic mass is 10.4. The Bertz CT molecular complexity index is 415. The maximum atomic E-state index is 5.54. The standard InChI is InChI=1S/C10H10N4S/c11-8-2-3-10(14-6-8)15-7-9-12-4-1-5-13-9/h1-6H,7,11H2. The zero-order valence-electron chi connectivity index (χ0n) is 8.00. The molecule has 2 rings (SSSR count). The lowest BCUT2D eigenvalue weighted by Gasteiger charge is -1.99. The predicted molar refractivity (Wildman–Crippen MR) is 60.2 cm³/mol. The summed E-state index contributed by atoms with van der Waals surface area (Å²) in [6, 6.07) is 5.53. The fourth-order valence-electron chi connectivity index (χ4n) is 1.02. The summed E-state index contributed by atoms with van der Waals surface area (Å²) in [6.07, 6.45) is 5.12. The topological polar surface area (TPSA) is 64.7 Å². The van der Waals surface area contributed by atoms with Gasteiger partial charge in [-0.25, -0.2) is 15.0 Å². The van der Waals surface area contributed by atoms with E-state index < -0.39 is 0 Å². The van der Waals surface area contributed by atoms with Crippen molar-refractivity contribution in [1.82, 2.24) is 15.0 Å². The summed E-state index contributed by atoms with van der Waals surface area (Å²) in [5, 5.41) is 0.927. The first-order valence-electron chi connectivity index (χ1n) is 4.45. The van der Waals surface area contributed by atoms with E-state index in [0.29, 0.717) is 5.69 Å². The van der Waals surface area contributed by atoms with Crippen molar-refractivity contribution in [3.8, 4) is 0 Å². The summed E-state index contributed by atoms with van der Waals surface area (Å²) in [7, 11) is 0. The fraction of sp³-hybridized carbons (Fsp3) is 0.100. The van der Waals surface area contributed by atoms with Crippen LogP contribution >= 0.6 is 11.8 Å². The molecule has 2 N–H and O–H groups in total. The lowest BCUT2D eigenvalue weighted by molar-refractivity contribution is 1.03. The summed E-state index contributed by atoms with van der Waals surface area (Å²) >= 11 is 1.59. The molecule has 0 amide bonds. The molecule has 0 saturated carbocycles. The van der Waals surface area contributed by atoms with E-state index in [0.717, 1.165) is 16.6 Å². The Kier molecular flexibility index (Phi) is 3.14. The summed E-state index contributed by atoms with van der Waals surface area (Å²) in [5.74, 6) is 1.53. The summed E-state index contributed by atoms with van der Waals surface area (Å²) in [5.41, 5.74) is 6.21. The molecule has 2 heterocycles. The first-order chi connectivity index (χ1) is 7.34. The van der Waals surface area contributed by atoms with Gasteiger partial charge in [0, 0.05) is 12.4 Å². The molecule has 5 heteroatoms. The predicted octanol–water partition coefficient (Wildman–Crippen LogP) is 1.75. The van der Waals surface area contributed by atoms with Gasteiger partial charge in [-0.05, 0) is 18.2 Å². The summed E-state index contributed by atoms with van der Waals surface area (Å²) in [6.45, 7) is 0. The fourth-order valence-corrected chi connectivity index (χ4v) is 1.74. The number of hydrogen-bond donors (Lipinski definition) is 1. The minimum atomic E-state index is 0.676. The highest BCUT2D eigenvalue weighted by atomic mass is 32.2. The zero-order chi connectivity index (χ0) is 10.5. The van der Waals surface area contributed by atoms with E-state index in [1.165, 1.54) is 0 Å². The Morgan fingerprint density at radius 1 is 1.13 bits per heavy atom. The maximum absolute atomic E-state index is 5.54. The smallest absolute Gasteiger partial charge is 0.138 e. The van der Waals surface area contributed by atoms with E-state index >= 15 is 0 Å². The van der Waals surface area contributed by atoms with Crippen LogP contribution in [0.2, 0.25) is 0 Å². The molecule has 0 atom stereocenters. The molecule has 0 aliphatic heterocycles. The molecule has 0 radical (unpaired) electrons. The Hall–Kier alpha value is -1.62. The number of nitrogens with zero attached hydrogens (tertiary/aromatic N) is 3. The zero-order valence-corrected chi connectivity index (χ0v) is 8.81. The van der Waals surface area contributed by atoms with Crippen LogP contribution < -0.4 is 5.73 Å². The van der Waals surface area contributed by atoms with Crippen LogP contribution in [0.1, 0.15) is 5.82 Å². The number of pyridine rings is 1. The Balaban J connectivity index is 1.96. The molecule has 0 saturated heterocycles. The van der Waals surface area contributed by atoms with Crippen LogP contribution in [0.15, 0.2) is 41.8 Å². The average molecular weight is 218 g/mol. The van der Waals surface area contributed by atoms with Gasteiger partial charge in [0.15, 0.2) is 0 Å². The molecule has 76 valence electrons. The van der Waals surface area contributed by atoms with Crippen molar-refractivity contribution in [2.24, 2.45) is 0 Å². The van der Waals surface area contributed by atoms with Crippen molar-refractivity contribution >= 4 is 17.4 Å². The largest absolute Gasteiger partial charge is 0.397 e. The maximum Gasteiger partial charge on any atom is 0.138 e. The number of hydrogen-bond acceptors (Lipinski definition) is 5. The minimum Gasteiger partial charge on any atom is -0.397 e. The van der Waals surface area contributed by atoms with Gasteiger partial charge in [0.1, 0.15) is 5.82 Å². The van der Waals surface area contributed by atoms with Gasteiger partial charge in [-0.1, -0.05) is 11.8 Å². The summed E-state index contributed by atoms with van der Waals surface area (Å²) in [4.78, 5) is 12.4. The number of anilines is 1. The number of nitrogen functional groups attached to an aromatic ring is 1. The van der Waals surface area contributed by atoms with Gasteiger partial charge in [-0.15, -0.1) is 0 Å². The second kappa shape index (κ2) is 4.75. The van der Waals surface area contributed by atoms with Gasteiger partial charge in [-0.3, -0.25) is 0 Å². The van der Waals surface area contributed by atoms with Gasteiger partial charge >= 0.3 is 0 Å². The van der Waals surface area contributed by atoms with Gasteiger partial charge in [0.05, 0.1) is 22.7 Å². The first-order valence-corrected chi connectivity index (χ1v) is 5.43. The summed E-state index contributed by atoms with van der Waals surface area (Å²) < 4.78 is 0. The van der Waals surface area contributed by atoms with E-state index in [2.05, 4.69) is 15.0 Å². The van der Waals surface area contributed by atoms with Crippen LogP contribution in [0.4, 0.5) is 5.69 Å². The molecule has 2 aromatic rings. The molecule has 15 heavy (non-hydrogen) atoms. The van der Waals surface area contributed by atoms with Crippen LogP contribution in [-0.2, 0) is 5.75 Å². The Morgan fingerprint density at radius 2 is 1.93 bits per heavy atom. The van der Waals surface area contributed by atoms with Crippen LogP contribution in [0.3, 0.4) is 0 Å². The molecule has 0 aliphatic rings. The van der Waals surface area contributed by atoms with Crippen LogP contribution in [-0.4, -0.2) is 15.0 Å². The molecule has 0 bridgehead atoms. The highest BCUT2D eigenvalue weighted by Gasteiger charge is 1.98. The first kappa shape index (κ1) is 9.92. The molecule has 0 unspecified atom stereocenters. The Morgan fingerprint density at radius 3 is 2.60 bits per heavy atom. The molecule has 0 spiro atoms. The lowest BCUT2D eigenvalue weighted by Crippen LogP contribution is -1.91. The third kappa shape index (κ3) is 2.92. The highest BCUT2D eigenvalue weighted by molar-refractivity contribution is 7.98. The SMILES string of the molecule is Nc1ccc(SCc2ncccn2)nc1. The van der Waals surface area contributed by atoms with E-state index in [9.17, 15) is 0 Å². The second-order valence-corrected chi connectivity index (χ2v) is 3.88. The molecule has 0 fully saturated rings. The van der Waals surface area contributed by atoms with Crippen molar-refractivity contribution in [3.05, 3.63) is 42.6 Å². The second-order valence-electron chi connectivity index (χ2n) is 2.88. The van der Waals surface area contributed by atoms with Crippen LogP contribution in [0.5, 0.6) is 0 Å². The normalized spacial score (nSPS) is 10.1. The van der Waals surface area contributed by atoms with Gasteiger partial charge in [0.25, 0.3) is 0 Å². The van der Waals surface area contributed by atoms with Gasteiger partial charge in [0.2, 0.25) is 0 Å². The highest BCUT2D eigenvalue weighted by Crippen LogP contribution is 2.18. The number of aromatic nitrogens is 3. The molecule has 4 nitrogen and oxygen atoms in total. The van der Waals surface area contributed by atoms with Crippen molar-refractivity contribution in [2.75, 3.05) is 5.73 Å². The Labute approximate surface area is 92.0 Å². The van der Waals surface area contributed by atoms with E-state index in [-0.39, 0.29) is 0 Å². The van der Waals surface area contributed by atoms with Gasteiger partial charge < -0.3 is 5.73 Å². The number of thioether (sulfide) groups is 1. The third-order valence-corrected chi connectivity index (χ3v) is 2.67.